The van der Waals surface area contributed by atoms with Crippen LogP contribution in [0, 0.1) is 5.92 Å². The van der Waals surface area contributed by atoms with Crippen LogP contribution in [0.1, 0.15) is 58.3 Å². The van der Waals surface area contributed by atoms with E-state index in [1.165, 1.54) is 25.7 Å². The first kappa shape index (κ1) is 15.8. The van der Waals surface area contributed by atoms with Crippen molar-refractivity contribution in [1.82, 2.24) is 10.6 Å². The molecule has 19 heavy (non-hydrogen) atoms. The van der Waals surface area contributed by atoms with Gasteiger partial charge in [-0.25, -0.2) is 4.79 Å². The maximum atomic E-state index is 11.6. The second-order valence-electron chi connectivity index (χ2n) is 5.44. The maximum Gasteiger partial charge on any atom is 0.315 e. The summed E-state index contributed by atoms with van der Waals surface area (Å²) in [5.41, 5.74) is 0. The number of aliphatic carboxylic acids is 1. The van der Waals surface area contributed by atoms with E-state index in [9.17, 15) is 9.59 Å². The highest BCUT2D eigenvalue weighted by atomic mass is 16.4. The van der Waals surface area contributed by atoms with Crippen LogP contribution in [-0.4, -0.2) is 29.7 Å². The Kier molecular flexibility index (Phi) is 7.30. The van der Waals surface area contributed by atoms with Gasteiger partial charge in [0, 0.05) is 19.0 Å². The zero-order valence-electron chi connectivity index (χ0n) is 11.8. The minimum atomic E-state index is -0.754. The molecule has 0 aliphatic heterocycles. The van der Waals surface area contributed by atoms with Gasteiger partial charge in [0.15, 0.2) is 0 Å². The molecule has 0 saturated heterocycles. The molecule has 0 heterocycles. The van der Waals surface area contributed by atoms with E-state index < -0.39 is 5.97 Å². The minimum absolute atomic E-state index is 0.0994. The van der Waals surface area contributed by atoms with Gasteiger partial charge in [-0.1, -0.05) is 19.3 Å². The molecule has 0 aromatic rings. The second kappa shape index (κ2) is 8.77. The standard InChI is InChI=1S/C14H26N2O3/c1-11(12-7-4-5-8-12)16-14(19)15-10-6-2-3-9-13(17)18/h11-12H,2-10H2,1H3,(H,17,18)(H2,15,16,19). The van der Waals surface area contributed by atoms with Crippen molar-refractivity contribution in [2.75, 3.05) is 6.54 Å². The Labute approximate surface area is 115 Å². The average Bonchev–Trinajstić information content (AvgIpc) is 2.87. The van der Waals surface area contributed by atoms with Gasteiger partial charge in [-0.15, -0.1) is 0 Å². The molecule has 0 aromatic carbocycles. The Morgan fingerprint density at radius 2 is 1.89 bits per heavy atom. The Bertz CT molecular complexity index is 288. The number of urea groups is 1. The van der Waals surface area contributed by atoms with Crippen LogP contribution in [-0.2, 0) is 4.79 Å². The summed E-state index contributed by atoms with van der Waals surface area (Å²) >= 11 is 0. The number of carboxylic acids is 1. The lowest BCUT2D eigenvalue weighted by Gasteiger charge is -2.20. The number of unbranched alkanes of at least 4 members (excludes halogenated alkanes) is 2. The fourth-order valence-corrected chi connectivity index (χ4v) is 2.61. The number of rotatable bonds is 8. The fourth-order valence-electron chi connectivity index (χ4n) is 2.61. The van der Waals surface area contributed by atoms with Gasteiger partial charge >= 0.3 is 12.0 Å². The van der Waals surface area contributed by atoms with Crippen LogP contribution in [0.15, 0.2) is 0 Å². The van der Waals surface area contributed by atoms with E-state index in [-0.39, 0.29) is 18.5 Å². The van der Waals surface area contributed by atoms with Gasteiger partial charge < -0.3 is 15.7 Å². The van der Waals surface area contributed by atoms with Gasteiger partial charge in [-0.05, 0) is 38.5 Å². The summed E-state index contributed by atoms with van der Waals surface area (Å²) in [6, 6.07) is 0.146. The first-order valence-electron chi connectivity index (χ1n) is 7.35. The normalized spacial score (nSPS) is 17.1. The second-order valence-corrected chi connectivity index (χ2v) is 5.44. The number of hydrogen-bond acceptors (Lipinski definition) is 2. The van der Waals surface area contributed by atoms with Crippen molar-refractivity contribution in [3.8, 4) is 0 Å². The number of hydrogen-bond donors (Lipinski definition) is 3. The summed E-state index contributed by atoms with van der Waals surface area (Å²) in [4.78, 5) is 21.9. The molecule has 1 saturated carbocycles. The molecular formula is C14H26N2O3. The number of nitrogens with one attached hydrogen (secondary N) is 2. The van der Waals surface area contributed by atoms with E-state index in [4.69, 9.17) is 5.11 Å². The van der Waals surface area contributed by atoms with Crippen molar-refractivity contribution in [2.24, 2.45) is 5.92 Å². The van der Waals surface area contributed by atoms with Gasteiger partial charge in [-0.3, -0.25) is 4.79 Å². The molecule has 5 heteroatoms. The topological polar surface area (TPSA) is 78.4 Å². The third-order valence-corrected chi connectivity index (χ3v) is 3.82. The zero-order valence-corrected chi connectivity index (χ0v) is 11.8. The monoisotopic (exact) mass is 270 g/mol. The minimum Gasteiger partial charge on any atom is -0.481 e. The third-order valence-electron chi connectivity index (χ3n) is 3.82. The van der Waals surface area contributed by atoms with Crippen molar-refractivity contribution in [2.45, 2.75) is 64.3 Å². The Hall–Kier alpha value is -1.26. The molecule has 0 aromatic heterocycles. The Morgan fingerprint density at radius 1 is 1.21 bits per heavy atom. The van der Waals surface area contributed by atoms with E-state index in [1.54, 1.807) is 0 Å². The highest BCUT2D eigenvalue weighted by Gasteiger charge is 2.22. The van der Waals surface area contributed by atoms with Gasteiger partial charge in [0.25, 0.3) is 0 Å². The smallest absolute Gasteiger partial charge is 0.315 e. The van der Waals surface area contributed by atoms with Gasteiger partial charge in [0.2, 0.25) is 0 Å². The summed E-state index contributed by atoms with van der Waals surface area (Å²) < 4.78 is 0. The molecule has 110 valence electrons. The lowest BCUT2D eigenvalue weighted by Crippen LogP contribution is -2.43. The number of amides is 2. The summed E-state index contributed by atoms with van der Waals surface area (Å²) in [6.45, 7) is 2.69. The molecule has 5 nitrogen and oxygen atoms in total. The molecule has 1 aliphatic rings. The molecule has 1 aliphatic carbocycles. The third kappa shape index (κ3) is 7.03. The van der Waals surface area contributed by atoms with Crippen LogP contribution < -0.4 is 10.6 Å². The first-order chi connectivity index (χ1) is 9.09. The SMILES string of the molecule is CC(NC(=O)NCCCCCC(=O)O)C1CCCC1. The van der Waals surface area contributed by atoms with Crippen molar-refractivity contribution < 1.29 is 14.7 Å². The van der Waals surface area contributed by atoms with Crippen molar-refractivity contribution in [3.63, 3.8) is 0 Å². The first-order valence-corrected chi connectivity index (χ1v) is 7.35. The Balaban J connectivity index is 1.99. The number of carboxylic acid groups (broad SMARTS) is 1. The fraction of sp³-hybridized carbons (Fsp3) is 0.857. The highest BCUT2D eigenvalue weighted by molar-refractivity contribution is 5.74. The van der Waals surface area contributed by atoms with Gasteiger partial charge in [0.05, 0.1) is 0 Å². The maximum absolute atomic E-state index is 11.6. The van der Waals surface area contributed by atoms with Crippen LogP contribution in [0.5, 0.6) is 0 Å². The van der Waals surface area contributed by atoms with Crippen LogP contribution >= 0.6 is 0 Å². The molecule has 0 bridgehead atoms. The van der Waals surface area contributed by atoms with E-state index in [1.807, 2.05) is 0 Å². The van der Waals surface area contributed by atoms with Gasteiger partial charge in [-0.2, -0.15) is 0 Å². The predicted octanol–water partition coefficient (Wildman–Crippen LogP) is 2.51. The summed E-state index contributed by atoms with van der Waals surface area (Å²) in [6.07, 6.45) is 7.56. The summed E-state index contributed by atoms with van der Waals surface area (Å²) in [5, 5.41) is 14.3. The predicted molar refractivity (Wildman–Crippen MR) is 74.1 cm³/mol. The zero-order chi connectivity index (χ0) is 14.1. The lowest BCUT2D eigenvalue weighted by molar-refractivity contribution is -0.137. The molecule has 2 amide bonds. The number of carbonyl (C=O) groups is 2. The van der Waals surface area contributed by atoms with Gasteiger partial charge in [0.1, 0.15) is 0 Å². The lowest BCUT2D eigenvalue weighted by atomic mass is 10.0. The molecule has 1 atom stereocenters. The molecule has 1 fully saturated rings. The molecule has 1 rings (SSSR count). The van der Waals surface area contributed by atoms with Crippen molar-refractivity contribution >= 4 is 12.0 Å². The summed E-state index contributed by atoms with van der Waals surface area (Å²) in [5.74, 6) is -0.127. The van der Waals surface area contributed by atoms with Crippen LogP contribution in [0.2, 0.25) is 0 Å². The van der Waals surface area contributed by atoms with E-state index >= 15 is 0 Å². The molecule has 0 radical (unpaired) electrons. The highest BCUT2D eigenvalue weighted by Crippen LogP contribution is 2.27. The van der Waals surface area contributed by atoms with E-state index in [0.717, 1.165) is 12.8 Å². The summed E-state index contributed by atoms with van der Waals surface area (Å²) in [7, 11) is 0. The quantitative estimate of drug-likeness (QED) is 0.593. The molecule has 1 unspecified atom stereocenters. The van der Waals surface area contributed by atoms with Crippen molar-refractivity contribution in [1.29, 1.82) is 0 Å². The Morgan fingerprint density at radius 3 is 2.53 bits per heavy atom. The van der Waals surface area contributed by atoms with Crippen LogP contribution in [0.25, 0.3) is 0 Å². The average molecular weight is 270 g/mol. The van der Waals surface area contributed by atoms with E-state index in [2.05, 4.69) is 17.6 Å². The largest absolute Gasteiger partial charge is 0.481 e. The van der Waals surface area contributed by atoms with Crippen LogP contribution in [0.3, 0.4) is 0 Å². The number of carbonyl (C=O) groups excluding carboxylic acids is 1. The molecule has 3 N–H and O–H groups in total. The van der Waals surface area contributed by atoms with Crippen LogP contribution in [0.4, 0.5) is 4.79 Å². The molecule has 0 spiro atoms. The van der Waals surface area contributed by atoms with E-state index in [0.29, 0.717) is 18.9 Å². The molecular weight excluding hydrogens is 244 g/mol. The van der Waals surface area contributed by atoms with Crippen molar-refractivity contribution in [3.05, 3.63) is 0 Å².